The average Bonchev–Trinajstić information content (AvgIpc) is 1.80. The van der Waals surface area contributed by atoms with E-state index in [9.17, 15) is 0 Å². The summed E-state index contributed by atoms with van der Waals surface area (Å²) in [7, 11) is 2.18. The summed E-state index contributed by atoms with van der Waals surface area (Å²) in [6, 6.07) is 1.38. The molecular weight excluding hydrogens is 148 g/mol. The maximum atomic E-state index is 3.42. The van der Waals surface area contributed by atoms with Crippen LogP contribution in [0.1, 0.15) is 13.8 Å². The third-order valence-corrected chi connectivity index (χ3v) is 2.08. The Morgan fingerprint density at radius 2 is 2.00 bits per heavy atom. The topological polar surface area (TPSA) is 15.3 Å². The summed E-state index contributed by atoms with van der Waals surface area (Å²) in [5.74, 6) is 0. The van der Waals surface area contributed by atoms with Gasteiger partial charge in [0, 0.05) is 25.2 Å². The van der Waals surface area contributed by atoms with E-state index in [2.05, 4.69) is 31.1 Å². The van der Waals surface area contributed by atoms with Crippen LogP contribution in [0.15, 0.2) is 0 Å². The molecule has 2 nitrogen and oxygen atoms in total. The van der Waals surface area contributed by atoms with E-state index in [1.807, 2.05) is 0 Å². The molecule has 0 unspecified atom stereocenters. The van der Waals surface area contributed by atoms with E-state index >= 15 is 0 Å². The molecule has 0 spiro atoms. The largest absolute Gasteiger partial charge is 0.311 e. The van der Waals surface area contributed by atoms with Gasteiger partial charge in [-0.15, -0.1) is 12.4 Å². The molecule has 1 N–H and O–H groups in total. The van der Waals surface area contributed by atoms with E-state index in [1.165, 1.54) is 6.54 Å². The number of nitrogens with one attached hydrogen (secondary N) is 1. The van der Waals surface area contributed by atoms with E-state index in [0.29, 0.717) is 12.1 Å². The second-order valence-corrected chi connectivity index (χ2v) is 3.10. The second kappa shape index (κ2) is 4.16. The Morgan fingerprint density at radius 3 is 2.40 bits per heavy atom. The van der Waals surface area contributed by atoms with E-state index in [0.717, 1.165) is 6.54 Å². The number of likely N-dealkylation sites (N-methyl/N-ethyl adjacent to an activating group) is 1. The van der Waals surface area contributed by atoms with Crippen molar-refractivity contribution in [2.45, 2.75) is 25.9 Å². The SMILES string of the molecule is C[C@@H]1CN(C)[C@H](C)CN1.Cl. The lowest BCUT2D eigenvalue weighted by atomic mass is 10.2. The first-order chi connectivity index (χ1) is 4.20. The van der Waals surface area contributed by atoms with Gasteiger partial charge in [0.25, 0.3) is 0 Å². The van der Waals surface area contributed by atoms with Gasteiger partial charge in [0.05, 0.1) is 0 Å². The minimum atomic E-state index is 0. The molecule has 0 amide bonds. The van der Waals surface area contributed by atoms with Crippen molar-refractivity contribution >= 4 is 12.4 Å². The molecule has 3 heteroatoms. The summed E-state index contributed by atoms with van der Waals surface area (Å²) < 4.78 is 0. The molecule has 1 fully saturated rings. The lowest BCUT2D eigenvalue weighted by Gasteiger charge is -2.34. The van der Waals surface area contributed by atoms with Crippen LogP contribution >= 0.6 is 12.4 Å². The zero-order chi connectivity index (χ0) is 6.85. The van der Waals surface area contributed by atoms with Crippen LogP contribution in [0.2, 0.25) is 0 Å². The van der Waals surface area contributed by atoms with Crippen molar-refractivity contribution in [3.63, 3.8) is 0 Å². The maximum Gasteiger partial charge on any atom is 0.0190 e. The molecule has 1 heterocycles. The molecule has 10 heavy (non-hydrogen) atoms. The normalized spacial score (nSPS) is 35.1. The molecule has 2 atom stereocenters. The second-order valence-electron chi connectivity index (χ2n) is 3.10. The van der Waals surface area contributed by atoms with Crippen molar-refractivity contribution in [2.24, 2.45) is 0 Å². The summed E-state index contributed by atoms with van der Waals surface area (Å²) in [5, 5.41) is 3.42. The molecule has 0 aromatic carbocycles. The number of nitrogens with zero attached hydrogens (tertiary/aromatic N) is 1. The molecule has 1 aliphatic heterocycles. The molecular formula is C7H17ClN2. The number of halogens is 1. The van der Waals surface area contributed by atoms with Crippen LogP contribution in [0, 0.1) is 0 Å². The Hall–Kier alpha value is 0.210. The van der Waals surface area contributed by atoms with Crippen LogP contribution < -0.4 is 5.32 Å². The first kappa shape index (κ1) is 10.2. The molecule has 0 aromatic rings. The zero-order valence-electron chi connectivity index (χ0n) is 6.92. The summed E-state index contributed by atoms with van der Waals surface area (Å²) >= 11 is 0. The Labute approximate surface area is 69.4 Å². The van der Waals surface area contributed by atoms with Gasteiger partial charge < -0.3 is 10.2 Å². The standard InChI is InChI=1S/C7H16N2.ClH/c1-6-5-9(3)7(2)4-8-6;/h6-8H,4-5H2,1-3H3;1H/t6-,7-;/m1./s1. The molecule has 0 saturated carbocycles. The minimum absolute atomic E-state index is 0. The van der Waals surface area contributed by atoms with Crippen LogP contribution in [0.4, 0.5) is 0 Å². The van der Waals surface area contributed by atoms with Gasteiger partial charge in [-0.25, -0.2) is 0 Å². The Morgan fingerprint density at radius 1 is 1.40 bits per heavy atom. The highest BCUT2D eigenvalue weighted by Gasteiger charge is 2.17. The highest BCUT2D eigenvalue weighted by molar-refractivity contribution is 5.85. The lowest BCUT2D eigenvalue weighted by molar-refractivity contribution is 0.182. The Bertz CT molecular complexity index is 97.6. The Kier molecular flexibility index (Phi) is 4.25. The van der Waals surface area contributed by atoms with Crippen LogP contribution in [-0.2, 0) is 0 Å². The molecule has 1 rings (SSSR count). The summed E-state index contributed by atoms with van der Waals surface area (Å²) in [6.45, 7) is 6.79. The van der Waals surface area contributed by atoms with Crippen molar-refractivity contribution in [3.8, 4) is 0 Å². The van der Waals surface area contributed by atoms with E-state index in [1.54, 1.807) is 0 Å². The monoisotopic (exact) mass is 164 g/mol. The highest BCUT2D eigenvalue weighted by atomic mass is 35.5. The van der Waals surface area contributed by atoms with Gasteiger partial charge in [-0.1, -0.05) is 0 Å². The zero-order valence-corrected chi connectivity index (χ0v) is 7.74. The summed E-state index contributed by atoms with van der Waals surface area (Å²) in [6.07, 6.45) is 0. The van der Waals surface area contributed by atoms with Crippen molar-refractivity contribution in [2.75, 3.05) is 20.1 Å². The molecule has 1 aliphatic rings. The number of piperazine rings is 1. The van der Waals surface area contributed by atoms with Crippen LogP contribution in [0.25, 0.3) is 0 Å². The van der Waals surface area contributed by atoms with E-state index < -0.39 is 0 Å². The van der Waals surface area contributed by atoms with Crippen molar-refractivity contribution in [3.05, 3.63) is 0 Å². The fourth-order valence-electron chi connectivity index (χ4n) is 1.20. The molecule has 1 saturated heterocycles. The number of hydrogen-bond acceptors (Lipinski definition) is 2. The third-order valence-electron chi connectivity index (χ3n) is 2.08. The third kappa shape index (κ3) is 2.45. The first-order valence-corrected chi connectivity index (χ1v) is 3.64. The van der Waals surface area contributed by atoms with E-state index in [4.69, 9.17) is 0 Å². The van der Waals surface area contributed by atoms with Crippen molar-refractivity contribution < 1.29 is 0 Å². The Balaban J connectivity index is 0.000000810. The predicted octanol–water partition coefficient (Wildman–Crippen LogP) is 0.720. The minimum Gasteiger partial charge on any atom is -0.311 e. The molecule has 0 aliphatic carbocycles. The van der Waals surface area contributed by atoms with Gasteiger partial charge in [0.15, 0.2) is 0 Å². The van der Waals surface area contributed by atoms with Crippen molar-refractivity contribution in [1.29, 1.82) is 0 Å². The van der Waals surface area contributed by atoms with Crippen LogP contribution in [0.5, 0.6) is 0 Å². The van der Waals surface area contributed by atoms with E-state index in [-0.39, 0.29) is 12.4 Å². The first-order valence-electron chi connectivity index (χ1n) is 3.64. The molecule has 0 radical (unpaired) electrons. The average molecular weight is 165 g/mol. The van der Waals surface area contributed by atoms with Gasteiger partial charge in [0.2, 0.25) is 0 Å². The number of rotatable bonds is 0. The molecule has 0 bridgehead atoms. The quantitative estimate of drug-likeness (QED) is 0.568. The van der Waals surface area contributed by atoms with Gasteiger partial charge >= 0.3 is 0 Å². The van der Waals surface area contributed by atoms with Crippen molar-refractivity contribution in [1.82, 2.24) is 10.2 Å². The van der Waals surface area contributed by atoms with Gasteiger partial charge in [-0.05, 0) is 20.9 Å². The lowest BCUT2D eigenvalue weighted by Crippen LogP contribution is -2.52. The van der Waals surface area contributed by atoms with Crippen LogP contribution in [-0.4, -0.2) is 37.1 Å². The van der Waals surface area contributed by atoms with Gasteiger partial charge in [-0.2, -0.15) is 0 Å². The summed E-state index contributed by atoms with van der Waals surface area (Å²) in [4.78, 5) is 2.39. The highest BCUT2D eigenvalue weighted by Crippen LogP contribution is 2.01. The predicted molar refractivity (Wildman–Crippen MR) is 46.8 cm³/mol. The maximum absolute atomic E-state index is 3.42. The smallest absolute Gasteiger partial charge is 0.0190 e. The van der Waals surface area contributed by atoms with Crippen LogP contribution in [0.3, 0.4) is 0 Å². The fraction of sp³-hybridized carbons (Fsp3) is 1.00. The molecule has 0 aromatic heterocycles. The number of hydrogen-bond donors (Lipinski definition) is 1. The summed E-state index contributed by atoms with van der Waals surface area (Å²) in [5.41, 5.74) is 0. The van der Waals surface area contributed by atoms with Gasteiger partial charge in [0.1, 0.15) is 0 Å². The molecule has 62 valence electrons. The fourth-order valence-corrected chi connectivity index (χ4v) is 1.20. The van der Waals surface area contributed by atoms with Gasteiger partial charge in [-0.3, -0.25) is 0 Å².